The smallest absolute Gasteiger partial charge is 0.320 e. The van der Waals surface area contributed by atoms with Gasteiger partial charge in [0.15, 0.2) is 0 Å². The maximum Gasteiger partial charge on any atom is 0.320 e. The minimum Gasteiger partial charge on any atom is -0.378 e. The number of nitrogens with zero attached hydrogens (tertiary/aromatic N) is 2. The molecule has 2 aliphatic heterocycles. The minimum absolute atomic E-state index is 0. The molecule has 1 N–H and O–H groups in total. The van der Waals surface area contributed by atoms with E-state index < -0.39 is 0 Å². The summed E-state index contributed by atoms with van der Waals surface area (Å²) in [5, 5.41) is 3.65. The number of hydrogen-bond acceptors (Lipinski definition) is 3. The van der Waals surface area contributed by atoms with Crippen molar-refractivity contribution in [1.29, 1.82) is 0 Å². The Morgan fingerprint density at radius 3 is 2.20 bits per heavy atom. The van der Waals surface area contributed by atoms with Crippen LogP contribution < -0.4 is 5.32 Å². The summed E-state index contributed by atoms with van der Waals surface area (Å²) in [5.41, 5.74) is 0. The molecule has 0 spiro atoms. The van der Waals surface area contributed by atoms with Gasteiger partial charge >= 0.3 is 6.03 Å². The lowest BCUT2D eigenvalue weighted by atomic mass is 10.1. The van der Waals surface area contributed by atoms with Gasteiger partial charge < -0.3 is 19.9 Å². The molecule has 2 heterocycles. The number of hydrogen-bond donors (Lipinski definition) is 1. The number of ether oxygens (including phenoxy) is 1. The van der Waals surface area contributed by atoms with Crippen molar-refractivity contribution in [2.75, 3.05) is 45.9 Å². The Hall–Kier alpha value is -0.520. The van der Waals surface area contributed by atoms with Crippen LogP contribution in [0.25, 0.3) is 0 Å². The van der Waals surface area contributed by atoms with Gasteiger partial charge in [0.1, 0.15) is 0 Å². The average molecular weight is 304 g/mol. The molecule has 3 rings (SSSR count). The number of amides is 2. The van der Waals surface area contributed by atoms with E-state index in [9.17, 15) is 4.79 Å². The molecule has 0 radical (unpaired) electrons. The maximum atomic E-state index is 12.3. The third-order valence-electron chi connectivity index (χ3n) is 4.44. The number of nitrogens with one attached hydrogen (secondary N) is 1. The van der Waals surface area contributed by atoms with Gasteiger partial charge in [-0.3, -0.25) is 0 Å². The molecule has 6 heteroatoms. The largest absolute Gasteiger partial charge is 0.378 e. The summed E-state index contributed by atoms with van der Waals surface area (Å²) in [4.78, 5) is 16.3. The van der Waals surface area contributed by atoms with E-state index in [-0.39, 0.29) is 18.4 Å². The summed E-state index contributed by atoms with van der Waals surface area (Å²) >= 11 is 0. The number of likely N-dealkylation sites (tertiary alicyclic amines) is 1. The van der Waals surface area contributed by atoms with Crippen LogP contribution in [0.1, 0.15) is 25.7 Å². The molecular weight excluding hydrogens is 278 g/mol. The predicted octanol–water partition coefficient (Wildman–Crippen LogP) is 1.32. The Balaban J connectivity index is 0.00000147. The number of carbonyl (C=O) groups is 1. The predicted molar refractivity (Wildman–Crippen MR) is 80.4 cm³/mol. The van der Waals surface area contributed by atoms with E-state index in [4.69, 9.17) is 4.74 Å². The first-order chi connectivity index (χ1) is 9.33. The van der Waals surface area contributed by atoms with Crippen molar-refractivity contribution in [2.24, 2.45) is 5.92 Å². The summed E-state index contributed by atoms with van der Waals surface area (Å²) in [6, 6.07) is 0.832. The molecule has 0 atom stereocenters. The Bertz CT molecular complexity index is 312. The van der Waals surface area contributed by atoms with Gasteiger partial charge in [-0.25, -0.2) is 4.79 Å². The van der Waals surface area contributed by atoms with Crippen molar-refractivity contribution >= 4 is 18.4 Å². The molecule has 0 aromatic rings. The quantitative estimate of drug-likeness (QED) is 0.855. The zero-order chi connectivity index (χ0) is 13.1. The topological polar surface area (TPSA) is 44.8 Å². The number of halogens is 1. The van der Waals surface area contributed by atoms with Gasteiger partial charge in [0.05, 0.1) is 13.2 Å². The van der Waals surface area contributed by atoms with E-state index >= 15 is 0 Å². The normalized spacial score (nSPS) is 24.4. The molecule has 1 saturated carbocycles. The van der Waals surface area contributed by atoms with Crippen LogP contribution in [0, 0.1) is 5.92 Å². The Morgan fingerprint density at radius 2 is 1.60 bits per heavy atom. The van der Waals surface area contributed by atoms with E-state index in [2.05, 4.69) is 5.32 Å². The maximum absolute atomic E-state index is 12.3. The second-order valence-corrected chi connectivity index (χ2v) is 5.99. The van der Waals surface area contributed by atoms with Crippen molar-refractivity contribution in [3.63, 3.8) is 0 Å². The highest BCUT2D eigenvalue weighted by molar-refractivity contribution is 5.85. The van der Waals surface area contributed by atoms with Gasteiger partial charge in [0, 0.05) is 32.2 Å². The lowest BCUT2D eigenvalue weighted by molar-refractivity contribution is 0.0408. The third kappa shape index (κ3) is 4.24. The number of piperidine rings is 1. The van der Waals surface area contributed by atoms with Crippen molar-refractivity contribution < 1.29 is 9.53 Å². The lowest BCUT2D eigenvalue weighted by Crippen LogP contribution is -2.52. The minimum atomic E-state index is 0. The first-order valence-corrected chi connectivity index (χ1v) is 7.68. The molecule has 1 aliphatic carbocycles. The van der Waals surface area contributed by atoms with Gasteiger partial charge in [-0.2, -0.15) is 0 Å². The summed E-state index contributed by atoms with van der Waals surface area (Å²) < 4.78 is 5.29. The standard InChI is InChI=1S/C14H25N3O2.ClH/c18-14(17-7-9-19-10-8-17)16-5-3-13(4-6-16)15-11-12-1-2-12;/h12-13,15H,1-11H2;1H. The Morgan fingerprint density at radius 1 is 1.00 bits per heavy atom. The molecular formula is C14H26ClN3O2. The van der Waals surface area contributed by atoms with Crippen LogP contribution in [0.15, 0.2) is 0 Å². The van der Waals surface area contributed by atoms with Crippen LogP contribution in [0.3, 0.4) is 0 Å². The fourth-order valence-corrected chi connectivity index (χ4v) is 2.88. The Labute approximate surface area is 127 Å². The lowest BCUT2D eigenvalue weighted by Gasteiger charge is -2.37. The zero-order valence-corrected chi connectivity index (χ0v) is 12.9. The molecule has 2 amide bonds. The fraction of sp³-hybridized carbons (Fsp3) is 0.929. The van der Waals surface area contributed by atoms with Crippen molar-refractivity contribution in [1.82, 2.24) is 15.1 Å². The van der Waals surface area contributed by atoms with Crippen LogP contribution in [-0.2, 0) is 4.74 Å². The van der Waals surface area contributed by atoms with Crippen molar-refractivity contribution in [3.05, 3.63) is 0 Å². The molecule has 0 unspecified atom stereocenters. The SMILES string of the molecule is Cl.O=C(N1CCOCC1)N1CCC(NCC2CC2)CC1. The number of rotatable bonds is 3. The summed E-state index contributed by atoms with van der Waals surface area (Å²) in [5.74, 6) is 0.938. The van der Waals surface area contributed by atoms with Gasteiger partial charge in [0.2, 0.25) is 0 Å². The number of morpholine rings is 1. The van der Waals surface area contributed by atoms with Crippen LogP contribution in [0.5, 0.6) is 0 Å². The fourth-order valence-electron chi connectivity index (χ4n) is 2.88. The van der Waals surface area contributed by atoms with Gasteiger partial charge in [-0.05, 0) is 38.1 Å². The number of urea groups is 1. The van der Waals surface area contributed by atoms with E-state index in [1.54, 1.807) is 0 Å². The monoisotopic (exact) mass is 303 g/mol. The first-order valence-electron chi connectivity index (χ1n) is 7.68. The van der Waals surface area contributed by atoms with E-state index in [1.165, 1.54) is 19.4 Å². The van der Waals surface area contributed by atoms with Gasteiger partial charge in [-0.1, -0.05) is 0 Å². The Kier molecular flexibility index (Phi) is 5.93. The van der Waals surface area contributed by atoms with Crippen molar-refractivity contribution in [3.8, 4) is 0 Å². The molecule has 0 aromatic carbocycles. The van der Waals surface area contributed by atoms with Crippen LogP contribution in [0.4, 0.5) is 4.79 Å². The molecule has 0 aromatic heterocycles. The van der Waals surface area contributed by atoms with Crippen molar-refractivity contribution in [2.45, 2.75) is 31.7 Å². The molecule has 3 fully saturated rings. The summed E-state index contributed by atoms with van der Waals surface area (Å²) in [7, 11) is 0. The highest BCUT2D eigenvalue weighted by atomic mass is 35.5. The second kappa shape index (κ2) is 7.48. The summed E-state index contributed by atoms with van der Waals surface area (Å²) in [6.07, 6.45) is 5.01. The first kappa shape index (κ1) is 15.9. The van der Waals surface area contributed by atoms with Crippen LogP contribution in [-0.4, -0.2) is 67.8 Å². The summed E-state index contributed by atoms with van der Waals surface area (Å²) in [6.45, 7) is 5.85. The highest BCUT2D eigenvalue weighted by Crippen LogP contribution is 2.28. The third-order valence-corrected chi connectivity index (χ3v) is 4.44. The average Bonchev–Trinajstić information content (AvgIpc) is 3.30. The number of carbonyl (C=O) groups excluding carboxylic acids is 1. The molecule has 20 heavy (non-hydrogen) atoms. The van der Waals surface area contributed by atoms with E-state index in [1.807, 2.05) is 9.80 Å². The zero-order valence-electron chi connectivity index (χ0n) is 12.1. The van der Waals surface area contributed by atoms with Gasteiger partial charge in [0.25, 0.3) is 0 Å². The van der Waals surface area contributed by atoms with Crippen LogP contribution >= 0.6 is 12.4 Å². The van der Waals surface area contributed by atoms with E-state index in [0.29, 0.717) is 19.3 Å². The molecule has 0 bridgehead atoms. The van der Waals surface area contributed by atoms with Gasteiger partial charge in [-0.15, -0.1) is 12.4 Å². The highest BCUT2D eigenvalue weighted by Gasteiger charge is 2.28. The molecule has 3 aliphatic rings. The molecule has 5 nitrogen and oxygen atoms in total. The molecule has 116 valence electrons. The second-order valence-electron chi connectivity index (χ2n) is 5.99. The van der Waals surface area contributed by atoms with E-state index in [0.717, 1.165) is 44.9 Å². The molecule has 2 saturated heterocycles. The van der Waals surface area contributed by atoms with Crippen LogP contribution in [0.2, 0.25) is 0 Å².